The van der Waals surface area contributed by atoms with Gasteiger partial charge in [0.05, 0.1) is 16.7 Å². The third kappa shape index (κ3) is 7.37. The lowest BCUT2D eigenvalue weighted by Crippen LogP contribution is -2.09. The number of furan rings is 1. The third-order valence-electron chi connectivity index (χ3n) is 14.6. The Bertz CT molecular complexity index is 4330. The van der Waals surface area contributed by atoms with Crippen molar-refractivity contribution in [3.05, 3.63) is 279 Å². The molecule has 12 aromatic carbocycles. The van der Waals surface area contributed by atoms with Gasteiger partial charge < -0.3 is 13.9 Å². The largest absolute Gasteiger partial charge is 0.455 e. The average Bonchev–Trinajstić information content (AvgIpc) is 4.02. The van der Waals surface area contributed by atoms with E-state index in [2.05, 4.69) is 276 Å². The molecule has 73 heavy (non-hydrogen) atoms. The minimum Gasteiger partial charge on any atom is -0.455 e. The van der Waals surface area contributed by atoms with Crippen LogP contribution in [-0.2, 0) is 0 Å². The van der Waals surface area contributed by atoms with Crippen LogP contribution in [-0.4, -0.2) is 4.57 Å². The summed E-state index contributed by atoms with van der Waals surface area (Å²) in [5.74, 6) is 0. The summed E-state index contributed by atoms with van der Waals surface area (Å²) in [5, 5.41) is 7.25. The topological polar surface area (TPSA) is 21.3 Å². The number of para-hydroxylation sites is 4. The molecule has 0 unspecified atom stereocenters. The van der Waals surface area contributed by atoms with Crippen LogP contribution in [0.15, 0.2) is 283 Å². The molecule has 2 heterocycles. The van der Waals surface area contributed by atoms with E-state index in [-0.39, 0.29) is 0 Å². The summed E-state index contributed by atoms with van der Waals surface area (Å²) in [6, 6.07) is 101. The van der Waals surface area contributed by atoms with Gasteiger partial charge in [0.2, 0.25) is 0 Å². The molecule has 0 aliphatic rings. The Morgan fingerprint density at radius 2 is 0.740 bits per heavy atom. The van der Waals surface area contributed by atoms with Crippen molar-refractivity contribution in [3.63, 3.8) is 0 Å². The van der Waals surface area contributed by atoms with Crippen LogP contribution in [0.3, 0.4) is 0 Å². The summed E-state index contributed by atoms with van der Waals surface area (Å²) in [4.78, 5) is 2.34. The molecule has 14 aromatic rings. The summed E-state index contributed by atoms with van der Waals surface area (Å²) in [6.07, 6.45) is 0. The van der Waals surface area contributed by atoms with Gasteiger partial charge in [0.15, 0.2) is 0 Å². The van der Waals surface area contributed by atoms with Gasteiger partial charge in [-0.2, -0.15) is 0 Å². The summed E-state index contributed by atoms with van der Waals surface area (Å²) >= 11 is 0. The summed E-state index contributed by atoms with van der Waals surface area (Å²) in [6.45, 7) is 0. The molecule has 2 aromatic heterocycles. The highest BCUT2D eigenvalue weighted by atomic mass is 16.3. The predicted molar refractivity (Wildman–Crippen MR) is 307 cm³/mol. The first-order chi connectivity index (χ1) is 36.2. The molecule has 14 rings (SSSR count). The Labute approximate surface area is 423 Å². The highest BCUT2D eigenvalue weighted by Crippen LogP contribution is 2.42. The van der Waals surface area contributed by atoms with Gasteiger partial charge >= 0.3 is 0 Å². The number of aromatic nitrogens is 1. The van der Waals surface area contributed by atoms with Crippen LogP contribution < -0.4 is 4.90 Å². The standard InChI is InChI=1S/C70H46N2O/c1-2-14-47(15-3-1)49-32-39-55(40-33-49)71(57-43-36-53(37-44-57)61-23-13-24-65-64-21-8-11-27-69(64)73-70(61)65)56-41-34-50(35-42-56)48-28-30-52(31-29-48)60-19-6-9-25-66(60)72-67-26-10-7-20-62(67)63-45-38-54(46-68(63)72)59-22-12-17-51-16-4-5-18-58(51)59/h1-46H. The van der Waals surface area contributed by atoms with Gasteiger partial charge in [0.1, 0.15) is 11.2 Å². The fourth-order valence-electron chi connectivity index (χ4n) is 11.1. The van der Waals surface area contributed by atoms with E-state index in [1.54, 1.807) is 0 Å². The van der Waals surface area contributed by atoms with Gasteiger partial charge in [-0.3, -0.25) is 0 Å². The second kappa shape index (κ2) is 17.6. The fraction of sp³-hybridized carbons (Fsp3) is 0. The molecule has 0 aliphatic carbocycles. The lowest BCUT2D eigenvalue weighted by atomic mass is 9.97. The van der Waals surface area contributed by atoms with Crippen molar-refractivity contribution in [3.8, 4) is 61.3 Å². The molecule has 0 saturated carbocycles. The maximum atomic E-state index is 6.44. The molecule has 0 bridgehead atoms. The van der Waals surface area contributed by atoms with Crippen molar-refractivity contribution >= 4 is 71.6 Å². The van der Waals surface area contributed by atoms with Crippen molar-refractivity contribution in [2.75, 3.05) is 4.90 Å². The van der Waals surface area contributed by atoms with Crippen molar-refractivity contribution in [2.45, 2.75) is 0 Å². The zero-order valence-electron chi connectivity index (χ0n) is 39.9. The number of rotatable bonds is 9. The average molecular weight is 931 g/mol. The molecule has 0 spiro atoms. The molecule has 0 fully saturated rings. The Kier molecular flexibility index (Phi) is 10.2. The maximum absolute atomic E-state index is 6.44. The minimum absolute atomic E-state index is 0.902. The first-order valence-corrected chi connectivity index (χ1v) is 25.0. The monoisotopic (exact) mass is 930 g/mol. The lowest BCUT2D eigenvalue weighted by molar-refractivity contribution is 0.670. The van der Waals surface area contributed by atoms with Crippen LogP contribution >= 0.6 is 0 Å². The van der Waals surface area contributed by atoms with Gasteiger partial charge in [-0.1, -0.05) is 218 Å². The maximum Gasteiger partial charge on any atom is 0.143 e. The fourth-order valence-corrected chi connectivity index (χ4v) is 11.1. The molecule has 0 radical (unpaired) electrons. The van der Waals surface area contributed by atoms with Crippen LogP contribution in [0.2, 0.25) is 0 Å². The quantitative estimate of drug-likeness (QED) is 0.144. The van der Waals surface area contributed by atoms with Crippen molar-refractivity contribution < 1.29 is 4.42 Å². The summed E-state index contributed by atoms with van der Waals surface area (Å²) in [5.41, 5.74) is 20.2. The molecule has 0 aliphatic heterocycles. The van der Waals surface area contributed by atoms with E-state index in [0.29, 0.717) is 0 Å². The number of benzene rings is 12. The normalized spacial score (nSPS) is 11.6. The first-order valence-electron chi connectivity index (χ1n) is 25.0. The number of hydrogen-bond acceptors (Lipinski definition) is 2. The third-order valence-corrected chi connectivity index (χ3v) is 14.6. The van der Waals surface area contributed by atoms with E-state index in [9.17, 15) is 0 Å². The van der Waals surface area contributed by atoms with Crippen LogP contribution in [0, 0.1) is 0 Å². The lowest BCUT2D eigenvalue weighted by Gasteiger charge is -2.26. The van der Waals surface area contributed by atoms with Crippen LogP contribution in [0.4, 0.5) is 17.1 Å². The minimum atomic E-state index is 0.902. The smallest absolute Gasteiger partial charge is 0.143 e. The van der Waals surface area contributed by atoms with E-state index in [4.69, 9.17) is 4.42 Å². The van der Waals surface area contributed by atoms with Gasteiger partial charge in [-0.15, -0.1) is 0 Å². The Morgan fingerprint density at radius 1 is 0.274 bits per heavy atom. The zero-order chi connectivity index (χ0) is 48.2. The predicted octanol–water partition coefficient (Wildman–Crippen LogP) is 19.6. The molecule has 342 valence electrons. The van der Waals surface area contributed by atoms with Crippen LogP contribution in [0.5, 0.6) is 0 Å². The highest BCUT2D eigenvalue weighted by molar-refractivity contribution is 6.12. The second-order valence-corrected chi connectivity index (χ2v) is 18.8. The number of hydrogen-bond donors (Lipinski definition) is 0. The molecule has 3 heteroatoms. The number of nitrogens with zero attached hydrogens (tertiary/aromatic N) is 2. The van der Waals surface area contributed by atoms with Crippen molar-refractivity contribution in [1.82, 2.24) is 4.57 Å². The molecule has 0 amide bonds. The van der Waals surface area contributed by atoms with E-state index in [1.165, 1.54) is 60.4 Å². The van der Waals surface area contributed by atoms with Crippen molar-refractivity contribution in [1.29, 1.82) is 0 Å². The Balaban J connectivity index is 0.804. The Morgan fingerprint density at radius 3 is 1.48 bits per heavy atom. The zero-order valence-corrected chi connectivity index (χ0v) is 39.9. The van der Waals surface area contributed by atoms with E-state index in [1.807, 2.05) is 12.1 Å². The summed E-state index contributed by atoms with van der Waals surface area (Å²) in [7, 11) is 0. The summed E-state index contributed by atoms with van der Waals surface area (Å²) < 4.78 is 8.90. The molecule has 0 N–H and O–H groups in total. The second-order valence-electron chi connectivity index (χ2n) is 18.8. The number of fused-ring (bicyclic) bond motifs is 7. The Hall–Kier alpha value is -9.70. The molecule has 0 atom stereocenters. The van der Waals surface area contributed by atoms with Crippen LogP contribution in [0.25, 0.3) is 116 Å². The molecular weight excluding hydrogens is 885 g/mol. The van der Waals surface area contributed by atoms with Gasteiger partial charge in [-0.05, 0) is 116 Å². The SMILES string of the molecule is c1ccc(-c2ccc(N(c3ccc(-c4ccc(-c5ccccc5-n5c6ccccc6c6ccc(-c7cccc8ccccc78)cc65)cc4)cc3)c3ccc(-c4cccc5c4oc4ccccc45)cc3)cc2)cc1. The van der Waals surface area contributed by atoms with Crippen LogP contribution in [0.1, 0.15) is 0 Å². The molecule has 3 nitrogen and oxygen atoms in total. The van der Waals surface area contributed by atoms with Gasteiger partial charge in [-0.25, -0.2) is 0 Å². The van der Waals surface area contributed by atoms with Gasteiger partial charge in [0.25, 0.3) is 0 Å². The van der Waals surface area contributed by atoms with E-state index >= 15 is 0 Å². The van der Waals surface area contributed by atoms with E-state index < -0.39 is 0 Å². The van der Waals surface area contributed by atoms with E-state index in [0.717, 1.165) is 72.5 Å². The number of anilines is 3. The highest BCUT2D eigenvalue weighted by Gasteiger charge is 2.19. The van der Waals surface area contributed by atoms with Gasteiger partial charge in [0, 0.05) is 49.7 Å². The first kappa shape index (κ1) is 42.2. The molecular formula is C70H46N2O. The van der Waals surface area contributed by atoms with Crippen molar-refractivity contribution in [2.24, 2.45) is 0 Å². The molecule has 0 saturated heterocycles.